The first-order valence-electron chi connectivity index (χ1n) is 38.2. The first-order chi connectivity index (χ1) is 45.3. The third-order valence-electron chi connectivity index (χ3n) is 17.8. The van der Waals surface area contributed by atoms with Gasteiger partial charge in [0, 0.05) is 44.9 Å². The summed E-state index contributed by atoms with van der Waals surface area (Å²) in [5.41, 5.74) is 0. The molecule has 2 fully saturated rings. The van der Waals surface area contributed by atoms with Gasteiger partial charge >= 0.3 is 41.8 Å². The lowest BCUT2D eigenvalue weighted by Gasteiger charge is -2.48. The lowest BCUT2D eigenvalue weighted by atomic mass is 9.96. The van der Waals surface area contributed by atoms with Crippen LogP contribution in [0.3, 0.4) is 0 Å². The van der Waals surface area contributed by atoms with E-state index in [0.717, 1.165) is 225 Å². The largest absolute Gasteiger partial charge is 0.463 e. The quantitative estimate of drug-likeness (QED) is 0.0339. The van der Waals surface area contributed by atoms with E-state index >= 15 is 0 Å². The van der Waals surface area contributed by atoms with E-state index in [1.807, 2.05) is 0 Å². The highest BCUT2D eigenvalue weighted by Crippen LogP contribution is 2.36. The Labute approximate surface area is 563 Å². The fraction of sp³-hybridized carbons (Fsp3) is 0.907. The van der Waals surface area contributed by atoms with Crippen molar-refractivity contribution in [3.63, 3.8) is 0 Å². The van der Waals surface area contributed by atoms with Crippen LogP contribution in [-0.2, 0) is 80.9 Å². The van der Waals surface area contributed by atoms with Gasteiger partial charge in [-0.2, -0.15) is 0 Å². The fourth-order valence-electron chi connectivity index (χ4n) is 12.0. The third-order valence-corrected chi connectivity index (χ3v) is 17.8. The Kier molecular flexibility index (Phi) is 52.4. The van der Waals surface area contributed by atoms with Crippen LogP contribution in [0.1, 0.15) is 363 Å². The minimum absolute atomic E-state index is 0.00877. The summed E-state index contributed by atoms with van der Waals surface area (Å²) in [5.74, 6) is -4.39. The number of carbonyl (C=O) groups excluding carboxylic acids is 7. The van der Waals surface area contributed by atoms with Gasteiger partial charge in [0.15, 0.2) is 30.7 Å². The van der Waals surface area contributed by atoms with Gasteiger partial charge in [0.25, 0.3) is 0 Å². The Morgan fingerprint density at radius 1 is 0.258 bits per heavy atom. The van der Waals surface area contributed by atoms with Crippen molar-refractivity contribution in [1.82, 2.24) is 0 Å². The number of carbonyl (C=O) groups is 7. The van der Waals surface area contributed by atoms with Crippen LogP contribution in [0.4, 0.5) is 0 Å². The van der Waals surface area contributed by atoms with E-state index in [-0.39, 0.29) is 44.9 Å². The number of hydrogen-bond donors (Lipinski definition) is 1. The molecule has 0 bridgehead atoms. The fourth-order valence-corrected chi connectivity index (χ4v) is 12.0. The molecule has 0 unspecified atom stereocenters. The van der Waals surface area contributed by atoms with E-state index in [9.17, 15) is 38.7 Å². The maximum Gasteiger partial charge on any atom is 0.308 e. The predicted octanol–water partition coefficient (Wildman–Crippen LogP) is 17.7. The molecule has 0 aromatic carbocycles. The number of ether oxygens (including phenoxy) is 10. The topological polar surface area (TPSA) is 232 Å². The minimum atomic E-state index is -1.89. The van der Waals surface area contributed by atoms with Gasteiger partial charge < -0.3 is 52.5 Å². The number of unbranched alkanes of at least 4 members (excludes halogenated alkanes) is 35. The zero-order chi connectivity index (χ0) is 67.9. The molecule has 18 heteroatoms. The average molecular weight is 1320 g/mol. The first kappa shape index (κ1) is 85.2. The summed E-state index contributed by atoms with van der Waals surface area (Å²) in [5, 5.41) is 12.9. The van der Waals surface area contributed by atoms with Gasteiger partial charge in [0.05, 0.1) is 0 Å². The minimum Gasteiger partial charge on any atom is -0.463 e. The van der Waals surface area contributed by atoms with Crippen LogP contribution in [0.5, 0.6) is 0 Å². The first-order valence-corrected chi connectivity index (χ1v) is 38.2. The van der Waals surface area contributed by atoms with Crippen molar-refractivity contribution in [1.29, 1.82) is 0 Å². The third kappa shape index (κ3) is 41.1. The van der Waals surface area contributed by atoms with Crippen LogP contribution in [0.2, 0.25) is 0 Å². The second-order valence-electron chi connectivity index (χ2n) is 26.5. The molecule has 0 aromatic rings. The molecule has 0 spiro atoms. The highest BCUT2D eigenvalue weighted by Gasteiger charge is 2.57. The molecule has 0 amide bonds. The zero-order valence-corrected chi connectivity index (χ0v) is 59.7. The molecule has 0 saturated carbocycles. The average Bonchev–Trinajstić information content (AvgIpc) is 0.868. The number of esters is 7. The molecule has 2 heterocycles. The molecule has 18 nitrogen and oxygen atoms in total. The second-order valence-corrected chi connectivity index (χ2v) is 26.5. The second kappa shape index (κ2) is 57.2. The molecule has 542 valence electrons. The molecule has 0 aromatic heterocycles. The van der Waals surface area contributed by atoms with Gasteiger partial charge in [-0.3, -0.25) is 33.6 Å². The van der Waals surface area contributed by atoms with E-state index in [2.05, 4.69) is 48.5 Å². The lowest BCUT2D eigenvalue weighted by Crippen LogP contribution is -2.67. The summed E-state index contributed by atoms with van der Waals surface area (Å²) in [6, 6.07) is 0. The summed E-state index contributed by atoms with van der Waals surface area (Å²) in [6.07, 6.45) is 21.5. The maximum atomic E-state index is 14.4. The van der Waals surface area contributed by atoms with Gasteiger partial charge in [-0.15, -0.1) is 0 Å². The van der Waals surface area contributed by atoms with Crippen LogP contribution in [0.15, 0.2) is 0 Å². The van der Waals surface area contributed by atoms with E-state index in [1.54, 1.807) is 0 Å². The molecular weight excluding hydrogens is 1190 g/mol. The van der Waals surface area contributed by atoms with Crippen LogP contribution >= 0.6 is 0 Å². The number of aliphatic hydroxyl groups is 1. The van der Waals surface area contributed by atoms with Gasteiger partial charge in [-0.1, -0.05) is 273 Å². The number of hydrogen-bond acceptors (Lipinski definition) is 18. The Hall–Kier alpha value is -3.87. The van der Waals surface area contributed by atoms with Crippen molar-refractivity contribution in [2.45, 2.75) is 424 Å². The summed E-state index contributed by atoms with van der Waals surface area (Å²) in [6.45, 7) is 13.9. The van der Waals surface area contributed by atoms with Gasteiger partial charge in [0.1, 0.15) is 37.6 Å². The van der Waals surface area contributed by atoms with E-state index in [4.69, 9.17) is 47.4 Å². The smallest absolute Gasteiger partial charge is 0.308 e. The van der Waals surface area contributed by atoms with Crippen LogP contribution in [-0.4, -0.2) is 122 Å². The molecular formula is C75H134O18. The van der Waals surface area contributed by atoms with Crippen LogP contribution < -0.4 is 0 Å². The number of rotatable bonds is 60. The molecule has 2 saturated heterocycles. The summed E-state index contributed by atoms with van der Waals surface area (Å²) >= 11 is 0. The Morgan fingerprint density at radius 3 is 0.817 bits per heavy atom. The number of aliphatic hydroxyl groups excluding tert-OH is 1. The Morgan fingerprint density at radius 2 is 0.495 bits per heavy atom. The molecule has 0 radical (unpaired) electrons. The van der Waals surface area contributed by atoms with Gasteiger partial charge in [-0.25, -0.2) is 0 Å². The molecule has 2 aliphatic heterocycles. The molecule has 0 aliphatic carbocycles. The molecule has 10 atom stereocenters. The van der Waals surface area contributed by atoms with Crippen molar-refractivity contribution in [2.75, 3.05) is 13.2 Å². The van der Waals surface area contributed by atoms with Gasteiger partial charge in [-0.05, 0) is 44.9 Å². The monoisotopic (exact) mass is 1320 g/mol. The van der Waals surface area contributed by atoms with Crippen LogP contribution in [0.25, 0.3) is 0 Å². The Balaban J connectivity index is 2.91. The van der Waals surface area contributed by atoms with Crippen molar-refractivity contribution in [2.24, 2.45) is 0 Å². The van der Waals surface area contributed by atoms with Crippen LogP contribution in [0, 0.1) is 0 Å². The van der Waals surface area contributed by atoms with E-state index in [0.29, 0.717) is 44.9 Å². The van der Waals surface area contributed by atoms with E-state index < -0.39 is 116 Å². The Bertz CT molecular complexity index is 1910. The highest BCUT2D eigenvalue weighted by atomic mass is 16.8. The molecule has 2 aliphatic rings. The summed E-state index contributed by atoms with van der Waals surface area (Å²) in [4.78, 5) is 98.1. The summed E-state index contributed by atoms with van der Waals surface area (Å²) in [7, 11) is 0. The normalized spacial score (nSPS) is 21.2. The SMILES string of the molecule is CCCCCCCCC(=O)OC[C@H]1O[C@@H](OC(=O)CCCCCCCC)[C@H](OC(=O)CCCCCCCC)[C@@H](O)[C@@H]1O[C@@H]1O[C@H](COC(=O)CCCCCCCC)[C@@H](OC(=O)CCCCCCCC)[C@H](OC(=O)CCCCCCCC)[C@H]1OC(=O)CCCCCCCC. The maximum absolute atomic E-state index is 14.4. The van der Waals surface area contributed by atoms with Crippen molar-refractivity contribution >= 4 is 41.8 Å². The molecule has 2 rings (SSSR count). The van der Waals surface area contributed by atoms with Crippen molar-refractivity contribution in [3.8, 4) is 0 Å². The van der Waals surface area contributed by atoms with Crippen molar-refractivity contribution < 1.29 is 86.0 Å². The van der Waals surface area contributed by atoms with Gasteiger partial charge in [0.2, 0.25) is 6.29 Å². The zero-order valence-electron chi connectivity index (χ0n) is 59.7. The predicted molar refractivity (Wildman–Crippen MR) is 362 cm³/mol. The standard InChI is InChI=1S/C75H134O18/c1-8-15-22-29-36-43-50-61(76)84-57-59-69(68(83)71(89-64(79)53-46-39-32-25-18-11-4)74(86-59)92-67(82)56-49-42-35-28-21-14-7)93-75-73(91-66(81)55-48-41-34-27-20-13-6)72(90-65(80)54-47-40-33-26-19-12-5)70(88-63(78)52-45-38-31-24-17-10-3)60(87-75)58-85-62(77)51-44-37-30-23-16-9-2/h59-60,68-75,83H,8-58H2,1-7H3/t59-,60-,68+,69-,70-,71-,72+,73-,74+,75+/m1/s1. The van der Waals surface area contributed by atoms with E-state index in [1.165, 1.54) is 0 Å². The molecule has 93 heavy (non-hydrogen) atoms. The van der Waals surface area contributed by atoms with Crippen molar-refractivity contribution in [3.05, 3.63) is 0 Å². The highest BCUT2D eigenvalue weighted by molar-refractivity contribution is 5.73. The lowest BCUT2D eigenvalue weighted by molar-refractivity contribution is -0.357. The summed E-state index contributed by atoms with van der Waals surface area (Å²) < 4.78 is 63.4. The molecule has 1 N–H and O–H groups in total.